The molecule has 1 saturated heterocycles. The van der Waals surface area contributed by atoms with Crippen molar-refractivity contribution in [2.45, 2.75) is 12.2 Å². The molecule has 7 heteroatoms. The van der Waals surface area contributed by atoms with Crippen molar-refractivity contribution in [3.63, 3.8) is 0 Å². The van der Waals surface area contributed by atoms with Crippen LogP contribution in [0.3, 0.4) is 0 Å². The molecule has 3 rings (SSSR count). The van der Waals surface area contributed by atoms with Gasteiger partial charge in [-0.3, -0.25) is 9.78 Å². The van der Waals surface area contributed by atoms with Crippen molar-refractivity contribution in [2.24, 2.45) is 0 Å². The molecule has 21 heavy (non-hydrogen) atoms. The van der Waals surface area contributed by atoms with Gasteiger partial charge in [-0.25, -0.2) is 13.4 Å². The molecule has 0 unspecified atom stereocenters. The second-order valence-corrected chi connectivity index (χ2v) is 7.60. The molecule has 2 aromatic rings. The van der Waals surface area contributed by atoms with Crippen molar-refractivity contribution >= 4 is 26.8 Å². The molecule has 1 amide bonds. The molecular formula is C14H15N3O3S. The summed E-state index contributed by atoms with van der Waals surface area (Å²) in [7, 11) is -3.07. The monoisotopic (exact) mass is 305 g/mol. The van der Waals surface area contributed by atoms with E-state index in [1.807, 2.05) is 18.2 Å². The van der Waals surface area contributed by atoms with E-state index in [4.69, 9.17) is 0 Å². The number of fused-ring (bicyclic) bond motifs is 1. The van der Waals surface area contributed by atoms with Crippen LogP contribution in [0.15, 0.2) is 30.5 Å². The van der Waals surface area contributed by atoms with Crippen LogP contribution in [0.25, 0.3) is 11.0 Å². The molecule has 0 radical (unpaired) electrons. The maximum atomic E-state index is 12.3. The Bertz CT molecular complexity index is 798. The number of rotatable bonds is 3. The lowest BCUT2D eigenvalue weighted by Gasteiger charge is -2.38. The summed E-state index contributed by atoms with van der Waals surface area (Å²) in [4.78, 5) is 22.2. The zero-order chi connectivity index (χ0) is 15.0. The van der Waals surface area contributed by atoms with Gasteiger partial charge in [0.1, 0.15) is 5.69 Å². The van der Waals surface area contributed by atoms with Crippen LogP contribution in [0.5, 0.6) is 0 Å². The highest BCUT2D eigenvalue weighted by Crippen LogP contribution is 2.19. The summed E-state index contributed by atoms with van der Waals surface area (Å²) in [5, 5.41) is -0.445. The lowest BCUT2D eigenvalue weighted by atomic mass is 10.2. The number of amides is 1. The summed E-state index contributed by atoms with van der Waals surface area (Å²) in [6.45, 7) is 2.10. The van der Waals surface area contributed by atoms with Crippen LogP contribution >= 0.6 is 0 Å². The second-order valence-electron chi connectivity index (χ2n) is 5.03. The van der Waals surface area contributed by atoms with Crippen LogP contribution in [0.4, 0.5) is 0 Å². The van der Waals surface area contributed by atoms with Crippen LogP contribution in [-0.4, -0.2) is 53.3 Å². The summed E-state index contributed by atoms with van der Waals surface area (Å²) < 4.78 is 23.4. The van der Waals surface area contributed by atoms with Crippen molar-refractivity contribution in [3.05, 3.63) is 36.2 Å². The van der Waals surface area contributed by atoms with E-state index in [0.29, 0.717) is 5.52 Å². The fraction of sp³-hybridized carbons (Fsp3) is 0.357. The molecule has 0 saturated carbocycles. The molecule has 1 fully saturated rings. The fourth-order valence-electron chi connectivity index (χ4n) is 2.29. The molecule has 0 spiro atoms. The van der Waals surface area contributed by atoms with E-state index in [9.17, 15) is 13.2 Å². The van der Waals surface area contributed by atoms with E-state index < -0.39 is 15.1 Å². The number of carbonyl (C=O) groups excluding carboxylic acids is 1. The first-order valence-corrected chi connectivity index (χ1v) is 8.45. The molecule has 0 N–H and O–H groups in total. The van der Waals surface area contributed by atoms with E-state index in [2.05, 4.69) is 9.97 Å². The topological polar surface area (TPSA) is 80.2 Å². The zero-order valence-electron chi connectivity index (χ0n) is 11.6. The Morgan fingerprint density at radius 3 is 2.62 bits per heavy atom. The number of likely N-dealkylation sites (tertiary alicyclic amines) is 1. The Labute approximate surface area is 122 Å². The number of carbonyl (C=O) groups is 1. The van der Waals surface area contributed by atoms with E-state index in [1.54, 1.807) is 13.0 Å². The number of nitrogens with zero attached hydrogens (tertiary/aromatic N) is 3. The van der Waals surface area contributed by atoms with Crippen molar-refractivity contribution in [2.75, 3.05) is 18.8 Å². The number of benzene rings is 1. The van der Waals surface area contributed by atoms with Gasteiger partial charge in [0.05, 0.1) is 22.5 Å². The highest BCUT2D eigenvalue weighted by atomic mass is 32.2. The van der Waals surface area contributed by atoms with E-state index in [0.717, 1.165) is 5.52 Å². The maximum Gasteiger partial charge on any atom is 0.274 e. The molecule has 0 bridgehead atoms. The van der Waals surface area contributed by atoms with Gasteiger partial charge in [0, 0.05) is 18.8 Å². The Morgan fingerprint density at radius 1 is 1.29 bits per heavy atom. The average Bonchev–Trinajstić information content (AvgIpc) is 2.44. The molecule has 110 valence electrons. The molecule has 0 aliphatic carbocycles. The van der Waals surface area contributed by atoms with Crippen molar-refractivity contribution < 1.29 is 13.2 Å². The lowest BCUT2D eigenvalue weighted by molar-refractivity contribution is 0.0653. The fourth-order valence-corrected chi connectivity index (χ4v) is 3.57. The van der Waals surface area contributed by atoms with Crippen molar-refractivity contribution in [1.82, 2.24) is 14.9 Å². The highest BCUT2D eigenvalue weighted by molar-refractivity contribution is 7.92. The predicted octanol–water partition coefficient (Wildman–Crippen LogP) is 0.889. The normalized spacial score (nSPS) is 16.0. The maximum absolute atomic E-state index is 12.3. The van der Waals surface area contributed by atoms with Crippen molar-refractivity contribution in [1.29, 1.82) is 0 Å². The third-order valence-electron chi connectivity index (χ3n) is 3.71. The quantitative estimate of drug-likeness (QED) is 0.841. The minimum atomic E-state index is -3.07. The molecule has 1 aromatic heterocycles. The minimum Gasteiger partial charge on any atom is -0.335 e. The van der Waals surface area contributed by atoms with E-state index in [-0.39, 0.29) is 30.4 Å². The van der Waals surface area contributed by atoms with Gasteiger partial charge < -0.3 is 4.90 Å². The van der Waals surface area contributed by atoms with Gasteiger partial charge >= 0.3 is 0 Å². The third kappa shape index (κ3) is 2.49. The molecule has 1 aromatic carbocycles. The second kappa shape index (κ2) is 5.07. The first-order chi connectivity index (χ1) is 10.0. The number of hydrogen-bond donors (Lipinski definition) is 0. The third-order valence-corrected chi connectivity index (χ3v) is 5.83. The van der Waals surface area contributed by atoms with Gasteiger partial charge in [0.25, 0.3) is 5.91 Å². The number of sulfone groups is 1. The Hall–Kier alpha value is -2.02. The summed E-state index contributed by atoms with van der Waals surface area (Å²) in [5.74, 6) is -0.161. The van der Waals surface area contributed by atoms with Gasteiger partial charge in [0.15, 0.2) is 9.84 Å². The number of aromatic nitrogens is 2. The molecule has 6 nitrogen and oxygen atoms in total. The largest absolute Gasteiger partial charge is 0.335 e. The Morgan fingerprint density at radius 2 is 1.95 bits per heavy atom. The summed E-state index contributed by atoms with van der Waals surface area (Å²) in [5.41, 5.74) is 1.63. The Balaban J connectivity index is 1.77. The molecule has 1 aliphatic heterocycles. The van der Waals surface area contributed by atoms with Gasteiger partial charge in [-0.1, -0.05) is 19.1 Å². The van der Waals surface area contributed by atoms with Gasteiger partial charge in [-0.05, 0) is 12.1 Å². The minimum absolute atomic E-state index is 0.107. The SMILES string of the molecule is CCS(=O)(=O)C1CN(C(=O)c2cnc3ccccc3n2)C1. The summed E-state index contributed by atoms with van der Waals surface area (Å²) in [6.07, 6.45) is 1.44. The first-order valence-electron chi connectivity index (χ1n) is 6.74. The Kier molecular flexibility index (Phi) is 3.36. The molecule has 2 heterocycles. The van der Waals surface area contributed by atoms with Crippen LogP contribution in [0.1, 0.15) is 17.4 Å². The van der Waals surface area contributed by atoms with Gasteiger partial charge in [-0.15, -0.1) is 0 Å². The van der Waals surface area contributed by atoms with Gasteiger partial charge in [0.2, 0.25) is 0 Å². The predicted molar refractivity (Wildman–Crippen MR) is 78.7 cm³/mol. The lowest BCUT2D eigenvalue weighted by Crippen LogP contribution is -2.57. The molecule has 0 atom stereocenters. The van der Waals surface area contributed by atoms with Crippen LogP contribution in [-0.2, 0) is 9.84 Å². The number of para-hydroxylation sites is 2. The molecule has 1 aliphatic rings. The highest BCUT2D eigenvalue weighted by Gasteiger charge is 2.39. The van der Waals surface area contributed by atoms with Crippen molar-refractivity contribution in [3.8, 4) is 0 Å². The average molecular weight is 305 g/mol. The number of hydrogen-bond acceptors (Lipinski definition) is 5. The smallest absolute Gasteiger partial charge is 0.274 e. The summed E-state index contributed by atoms with van der Waals surface area (Å²) in [6, 6.07) is 7.30. The van der Waals surface area contributed by atoms with Crippen LogP contribution in [0, 0.1) is 0 Å². The van der Waals surface area contributed by atoms with Crippen LogP contribution in [0.2, 0.25) is 0 Å². The molecular weight excluding hydrogens is 290 g/mol. The zero-order valence-corrected chi connectivity index (χ0v) is 12.4. The van der Waals surface area contributed by atoms with Crippen LogP contribution < -0.4 is 0 Å². The van der Waals surface area contributed by atoms with Gasteiger partial charge in [-0.2, -0.15) is 0 Å². The van der Waals surface area contributed by atoms with E-state index >= 15 is 0 Å². The van der Waals surface area contributed by atoms with E-state index in [1.165, 1.54) is 11.1 Å². The summed E-state index contributed by atoms with van der Waals surface area (Å²) >= 11 is 0. The first kappa shape index (κ1) is 13.9. The standard InChI is InChI=1S/C14H15N3O3S/c1-2-21(19,20)10-8-17(9-10)14(18)13-7-15-11-5-3-4-6-12(11)16-13/h3-7,10H,2,8-9H2,1H3.